The zero-order valence-electron chi connectivity index (χ0n) is 6.00. The van der Waals surface area contributed by atoms with Gasteiger partial charge in [-0.05, 0) is 5.92 Å². The van der Waals surface area contributed by atoms with Crippen LogP contribution in [0.4, 0.5) is 0 Å². The Kier molecular flexibility index (Phi) is 3.81. The highest BCUT2D eigenvalue weighted by Gasteiger charge is 2.00. The molecule has 0 aliphatic carbocycles. The lowest BCUT2D eigenvalue weighted by Gasteiger charge is -2.09. The van der Waals surface area contributed by atoms with Gasteiger partial charge in [0.25, 0.3) is 0 Å². The Morgan fingerprint density at radius 3 is 2.00 bits per heavy atom. The SMILES string of the molecule is CC(C)CN(C)[SH](=O)=O. The first-order valence-electron chi connectivity index (χ1n) is 2.89. The van der Waals surface area contributed by atoms with E-state index in [4.69, 9.17) is 0 Å². The molecule has 0 radical (unpaired) electrons. The van der Waals surface area contributed by atoms with Crippen molar-refractivity contribution in [2.45, 2.75) is 13.8 Å². The molecule has 56 valence electrons. The average Bonchev–Trinajstić information content (AvgIpc) is 1.63. The number of nitrogens with zero attached hydrogens (tertiary/aromatic N) is 1. The molecule has 0 heterocycles. The second kappa shape index (κ2) is 3.85. The number of hydrogen-bond donors (Lipinski definition) is 1. The summed E-state index contributed by atoms with van der Waals surface area (Å²) < 4.78 is 21.7. The number of rotatable bonds is 3. The summed E-state index contributed by atoms with van der Waals surface area (Å²) in [4.78, 5) is 0. The summed E-state index contributed by atoms with van der Waals surface area (Å²) in [5.74, 6) is 0.405. The highest BCUT2D eigenvalue weighted by molar-refractivity contribution is 7.69. The molecule has 0 spiro atoms. The Labute approximate surface area is 57.8 Å². The quantitative estimate of drug-likeness (QED) is 0.581. The second-order valence-electron chi connectivity index (χ2n) is 2.47. The van der Waals surface area contributed by atoms with Crippen LogP contribution < -0.4 is 0 Å². The molecule has 0 bridgehead atoms. The van der Waals surface area contributed by atoms with Crippen LogP contribution in [0.1, 0.15) is 13.8 Å². The molecule has 0 unspecified atom stereocenters. The third-order valence-corrected chi connectivity index (χ3v) is 1.63. The van der Waals surface area contributed by atoms with Crippen molar-refractivity contribution >= 4 is 10.9 Å². The molecule has 0 fully saturated rings. The van der Waals surface area contributed by atoms with Gasteiger partial charge in [-0.15, -0.1) is 0 Å². The molecule has 0 N–H and O–H groups in total. The maximum atomic E-state index is 10.2. The van der Waals surface area contributed by atoms with Crippen molar-refractivity contribution in [1.82, 2.24) is 4.31 Å². The van der Waals surface area contributed by atoms with Gasteiger partial charge in [-0.2, -0.15) is 0 Å². The van der Waals surface area contributed by atoms with E-state index in [1.54, 1.807) is 7.05 Å². The van der Waals surface area contributed by atoms with E-state index >= 15 is 0 Å². The van der Waals surface area contributed by atoms with Crippen molar-refractivity contribution in [3.05, 3.63) is 0 Å². The van der Waals surface area contributed by atoms with Crippen LogP contribution in [0.5, 0.6) is 0 Å². The predicted octanol–water partition coefficient (Wildman–Crippen LogP) is 0.101. The molecule has 0 saturated carbocycles. The van der Waals surface area contributed by atoms with Gasteiger partial charge in [-0.25, -0.2) is 12.7 Å². The summed E-state index contributed by atoms with van der Waals surface area (Å²) in [5.41, 5.74) is 0. The summed E-state index contributed by atoms with van der Waals surface area (Å²) in [6.07, 6.45) is 0. The zero-order valence-corrected chi connectivity index (χ0v) is 6.89. The zero-order chi connectivity index (χ0) is 7.44. The molecule has 0 amide bonds. The van der Waals surface area contributed by atoms with E-state index in [2.05, 4.69) is 0 Å². The Balaban J connectivity index is 3.64. The van der Waals surface area contributed by atoms with Gasteiger partial charge >= 0.3 is 0 Å². The smallest absolute Gasteiger partial charge is 0.203 e. The molecule has 4 heteroatoms. The molecule has 0 aromatic heterocycles. The lowest BCUT2D eigenvalue weighted by Crippen LogP contribution is -2.21. The van der Waals surface area contributed by atoms with E-state index in [0.29, 0.717) is 12.5 Å². The molecule has 0 rings (SSSR count). The van der Waals surface area contributed by atoms with Gasteiger partial charge in [0.15, 0.2) is 0 Å². The average molecular weight is 151 g/mol. The second-order valence-corrected chi connectivity index (χ2v) is 3.63. The molecule has 0 atom stereocenters. The van der Waals surface area contributed by atoms with Gasteiger partial charge in [0.1, 0.15) is 0 Å². The first-order valence-corrected chi connectivity index (χ1v) is 4.02. The Morgan fingerprint density at radius 1 is 1.44 bits per heavy atom. The third kappa shape index (κ3) is 4.42. The van der Waals surface area contributed by atoms with E-state index in [1.165, 1.54) is 4.31 Å². The van der Waals surface area contributed by atoms with Gasteiger partial charge in [0.2, 0.25) is 10.9 Å². The van der Waals surface area contributed by atoms with Crippen LogP contribution in [0.2, 0.25) is 0 Å². The standard InChI is InChI=1S/C5H13NO2S/c1-5(2)4-6(3)9(7)8/h5,9H,4H2,1-3H3. The molecule has 9 heavy (non-hydrogen) atoms. The molecular weight excluding hydrogens is 138 g/mol. The first-order chi connectivity index (χ1) is 4.04. The highest BCUT2D eigenvalue weighted by Crippen LogP contribution is 1.93. The maximum absolute atomic E-state index is 10.2. The van der Waals surface area contributed by atoms with E-state index in [0.717, 1.165) is 0 Å². The van der Waals surface area contributed by atoms with Crippen LogP contribution in [0.3, 0.4) is 0 Å². The van der Waals surface area contributed by atoms with Crippen molar-refractivity contribution < 1.29 is 8.42 Å². The minimum Gasteiger partial charge on any atom is -0.215 e. The van der Waals surface area contributed by atoms with Crippen LogP contribution in [0.25, 0.3) is 0 Å². The molecule has 0 aromatic rings. The molecular formula is C5H13NO2S. The fourth-order valence-electron chi connectivity index (χ4n) is 0.595. The maximum Gasteiger partial charge on any atom is 0.203 e. The molecule has 0 saturated heterocycles. The van der Waals surface area contributed by atoms with Crippen LogP contribution in [0.15, 0.2) is 0 Å². The fraction of sp³-hybridized carbons (Fsp3) is 1.00. The lowest BCUT2D eigenvalue weighted by atomic mass is 10.2. The Hall–Kier alpha value is -0.0900. The summed E-state index contributed by atoms with van der Waals surface area (Å²) in [6, 6.07) is 0. The summed E-state index contributed by atoms with van der Waals surface area (Å²) in [5, 5.41) is 0. The molecule has 0 aromatic carbocycles. The third-order valence-electron chi connectivity index (χ3n) is 0.908. The van der Waals surface area contributed by atoms with Crippen molar-refractivity contribution in [2.75, 3.05) is 13.6 Å². The summed E-state index contributed by atoms with van der Waals surface area (Å²) >= 11 is 0. The first kappa shape index (κ1) is 8.91. The summed E-state index contributed by atoms with van der Waals surface area (Å²) in [6.45, 7) is 4.57. The van der Waals surface area contributed by atoms with Crippen molar-refractivity contribution in [3.8, 4) is 0 Å². The van der Waals surface area contributed by atoms with E-state index in [9.17, 15) is 8.42 Å². The van der Waals surface area contributed by atoms with E-state index < -0.39 is 10.9 Å². The van der Waals surface area contributed by atoms with Gasteiger partial charge in [-0.3, -0.25) is 0 Å². The van der Waals surface area contributed by atoms with E-state index in [-0.39, 0.29) is 0 Å². The van der Waals surface area contributed by atoms with Gasteiger partial charge in [0.05, 0.1) is 0 Å². The van der Waals surface area contributed by atoms with Crippen molar-refractivity contribution in [1.29, 1.82) is 0 Å². The molecule has 3 nitrogen and oxygen atoms in total. The van der Waals surface area contributed by atoms with Crippen molar-refractivity contribution in [3.63, 3.8) is 0 Å². The Morgan fingerprint density at radius 2 is 1.89 bits per heavy atom. The van der Waals surface area contributed by atoms with Crippen LogP contribution in [-0.2, 0) is 10.9 Å². The van der Waals surface area contributed by atoms with Gasteiger partial charge in [-0.1, -0.05) is 13.8 Å². The number of thiol groups is 1. The van der Waals surface area contributed by atoms with Crippen LogP contribution >= 0.6 is 0 Å². The predicted molar refractivity (Wildman–Crippen MR) is 37.8 cm³/mol. The molecule has 0 aliphatic heterocycles. The minimum atomic E-state index is -2.36. The number of hydrogen-bond acceptors (Lipinski definition) is 2. The van der Waals surface area contributed by atoms with Crippen LogP contribution in [0, 0.1) is 5.92 Å². The van der Waals surface area contributed by atoms with Gasteiger partial charge in [0, 0.05) is 13.6 Å². The Bertz CT molecular complexity index is 134. The normalized spacial score (nSPS) is 11.8. The minimum absolute atomic E-state index is 0.405. The molecule has 0 aliphatic rings. The largest absolute Gasteiger partial charge is 0.215 e. The topological polar surface area (TPSA) is 37.4 Å². The van der Waals surface area contributed by atoms with Gasteiger partial charge < -0.3 is 0 Å². The monoisotopic (exact) mass is 151 g/mol. The van der Waals surface area contributed by atoms with Crippen molar-refractivity contribution in [2.24, 2.45) is 5.92 Å². The lowest BCUT2D eigenvalue weighted by molar-refractivity contribution is 0.430. The van der Waals surface area contributed by atoms with Crippen LogP contribution in [-0.4, -0.2) is 26.3 Å². The summed E-state index contributed by atoms with van der Waals surface area (Å²) in [7, 11) is -0.786. The fourth-order valence-corrected chi connectivity index (χ4v) is 1.06. The highest BCUT2D eigenvalue weighted by atomic mass is 32.2. The van der Waals surface area contributed by atoms with E-state index in [1.807, 2.05) is 13.8 Å².